The van der Waals surface area contributed by atoms with Gasteiger partial charge in [-0.05, 0) is 0 Å². The predicted molar refractivity (Wildman–Crippen MR) is 43.5 cm³/mol. The van der Waals surface area contributed by atoms with Gasteiger partial charge in [-0.25, -0.2) is 13.5 Å². The average molecular weight is 224 g/mol. The van der Waals surface area contributed by atoms with Gasteiger partial charge in [0, 0.05) is 0 Å². The maximum atomic E-state index is 12.1. The Bertz CT molecular complexity index is 342. The topological polar surface area (TPSA) is 94.0 Å². The van der Waals surface area contributed by atoms with Crippen molar-refractivity contribution in [1.82, 2.24) is 14.9 Å². The minimum Gasteiger partial charge on any atom is -0.481 e. The fourth-order valence-corrected chi connectivity index (χ4v) is 1.25. The molecule has 0 aliphatic rings. The molecule has 14 heavy (non-hydrogen) atoms. The molecule has 0 amide bonds. The highest BCUT2D eigenvalue weighted by molar-refractivity contribution is 7.99. The monoisotopic (exact) mass is 224 g/mol. The van der Waals surface area contributed by atoms with E-state index >= 15 is 0 Å². The number of carboxylic acid groups (broad SMARTS) is 1. The molecule has 0 spiro atoms. The second-order valence-corrected chi connectivity index (χ2v) is 3.14. The lowest BCUT2D eigenvalue weighted by atomic mass is 10.7. The number of aliphatic carboxylic acids is 1. The molecule has 1 heterocycles. The molecule has 0 fully saturated rings. The Morgan fingerprint density at radius 2 is 2.29 bits per heavy atom. The lowest BCUT2D eigenvalue weighted by Gasteiger charge is -2.00. The van der Waals surface area contributed by atoms with Crippen LogP contribution in [0.4, 0.5) is 8.78 Å². The van der Waals surface area contributed by atoms with Crippen LogP contribution in [0.25, 0.3) is 0 Å². The molecule has 1 rings (SSSR count). The van der Waals surface area contributed by atoms with Crippen LogP contribution in [0.2, 0.25) is 0 Å². The molecule has 0 unspecified atom stereocenters. The van der Waals surface area contributed by atoms with Crippen LogP contribution in [0, 0.1) is 0 Å². The summed E-state index contributed by atoms with van der Waals surface area (Å²) in [5.74, 6) is 3.11. The molecule has 0 aliphatic heterocycles. The lowest BCUT2D eigenvalue weighted by Crippen LogP contribution is -2.14. The first-order valence-electron chi connectivity index (χ1n) is 3.35. The van der Waals surface area contributed by atoms with E-state index in [1.807, 2.05) is 0 Å². The van der Waals surface area contributed by atoms with Crippen molar-refractivity contribution < 1.29 is 18.7 Å². The van der Waals surface area contributed by atoms with Crippen LogP contribution in [0.3, 0.4) is 0 Å². The van der Waals surface area contributed by atoms with Crippen molar-refractivity contribution in [2.24, 2.45) is 0 Å². The summed E-state index contributed by atoms with van der Waals surface area (Å²) in [5, 5.41) is 14.7. The van der Waals surface area contributed by atoms with E-state index in [-0.39, 0.29) is 10.9 Å². The van der Waals surface area contributed by atoms with Gasteiger partial charge < -0.3 is 10.9 Å². The Hall–Kier alpha value is -1.38. The molecular weight excluding hydrogens is 218 g/mol. The van der Waals surface area contributed by atoms with E-state index in [4.69, 9.17) is 10.9 Å². The zero-order valence-electron chi connectivity index (χ0n) is 6.72. The number of aromatic nitrogens is 3. The summed E-state index contributed by atoms with van der Waals surface area (Å²) in [6, 6.07) is 0. The predicted octanol–water partition coefficient (Wildman–Crippen LogP) is 0.106. The number of hydrogen-bond acceptors (Lipinski definition) is 5. The number of alkyl halides is 2. The second kappa shape index (κ2) is 4.22. The van der Waals surface area contributed by atoms with Crippen molar-refractivity contribution in [3.63, 3.8) is 0 Å². The number of nitrogens with zero attached hydrogens (tertiary/aromatic N) is 3. The summed E-state index contributed by atoms with van der Waals surface area (Å²) in [6.45, 7) is 0. The summed E-state index contributed by atoms with van der Waals surface area (Å²) >= 11 is 0.725. The Labute approximate surface area is 81.1 Å². The van der Waals surface area contributed by atoms with Crippen LogP contribution >= 0.6 is 11.8 Å². The quantitative estimate of drug-likeness (QED) is 0.556. The Balaban J connectivity index is 2.74. The van der Waals surface area contributed by atoms with Gasteiger partial charge in [-0.2, -0.15) is 0 Å². The Morgan fingerprint density at radius 3 is 2.71 bits per heavy atom. The maximum absolute atomic E-state index is 12.1. The summed E-state index contributed by atoms with van der Waals surface area (Å²) in [4.78, 5) is 10.2. The molecule has 0 aliphatic carbocycles. The molecule has 0 aromatic carbocycles. The molecule has 6 nitrogen and oxygen atoms in total. The van der Waals surface area contributed by atoms with Crippen molar-refractivity contribution in [2.75, 3.05) is 11.6 Å². The maximum Gasteiger partial charge on any atom is 0.313 e. The van der Waals surface area contributed by atoms with Gasteiger partial charge in [0.1, 0.15) is 0 Å². The Morgan fingerprint density at radius 1 is 1.64 bits per heavy atom. The normalized spacial score (nSPS) is 10.8. The van der Waals surface area contributed by atoms with E-state index in [0.29, 0.717) is 4.68 Å². The average Bonchev–Trinajstić information content (AvgIpc) is 2.43. The van der Waals surface area contributed by atoms with Gasteiger partial charge in [0.2, 0.25) is 11.0 Å². The molecule has 9 heteroatoms. The molecule has 1 aromatic rings. The van der Waals surface area contributed by atoms with E-state index in [1.54, 1.807) is 0 Å². The van der Waals surface area contributed by atoms with Crippen molar-refractivity contribution >= 4 is 17.7 Å². The molecule has 78 valence electrons. The number of halogens is 2. The largest absolute Gasteiger partial charge is 0.481 e. The van der Waals surface area contributed by atoms with Crippen LogP contribution in [0.15, 0.2) is 5.16 Å². The zero-order valence-corrected chi connectivity index (χ0v) is 7.54. The number of thioether (sulfide) groups is 1. The number of carboxylic acids is 1. The van der Waals surface area contributed by atoms with Gasteiger partial charge in [0.15, 0.2) is 0 Å². The molecule has 0 saturated carbocycles. The highest BCUT2D eigenvalue weighted by Gasteiger charge is 2.18. The van der Waals surface area contributed by atoms with Crippen LogP contribution < -0.4 is 5.84 Å². The summed E-state index contributed by atoms with van der Waals surface area (Å²) in [5.41, 5.74) is 0. The van der Waals surface area contributed by atoms with Crippen LogP contribution in [0.5, 0.6) is 0 Å². The van der Waals surface area contributed by atoms with Crippen LogP contribution in [-0.4, -0.2) is 31.7 Å². The number of rotatable bonds is 4. The third kappa shape index (κ3) is 2.31. The zero-order chi connectivity index (χ0) is 10.7. The van der Waals surface area contributed by atoms with Gasteiger partial charge in [-0.3, -0.25) is 4.79 Å². The summed E-state index contributed by atoms with van der Waals surface area (Å²) in [7, 11) is 0. The number of nitrogen functional groups attached to an aromatic ring is 1. The fourth-order valence-electron chi connectivity index (χ4n) is 0.662. The molecule has 0 saturated heterocycles. The third-order valence-electron chi connectivity index (χ3n) is 1.21. The number of carbonyl (C=O) groups is 1. The summed E-state index contributed by atoms with van der Waals surface area (Å²) < 4.78 is 24.8. The van der Waals surface area contributed by atoms with Gasteiger partial charge >= 0.3 is 5.97 Å². The van der Waals surface area contributed by atoms with Gasteiger partial charge in [-0.15, -0.1) is 10.2 Å². The molecule has 1 aromatic heterocycles. The number of hydrogen-bond donors (Lipinski definition) is 2. The fraction of sp³-hybridized carbons (Fsp3) is 0.400. The lowest BCUT2D eigenvalue weighted by molar-refractivity contribution is -0.133. The van der Waals surface area contributed by atoms with E-state index in [2.05, 4.69) is 10.2 Å². The van der Waals surface area contributed by atoms with Crippen LogP contribution in [0.1, 0.15) is 12.2 Å². The minimum atomic E-state index is -2.83. The van der Waals surface area contributed by atoms with Crippen molar-refractivity contribution in [2.45, 2.75) is 11.6 Å². The highest BCUT2D eigenvalue weighted by atomic mass is 32.2. The first-order chi connectivity index (χ1) is 6.52. The molecule has 3 N–H and O–H groups in total. The smallest absolute Gasteiger partial charge is 0.313 e. The van der Waals surface area contributed by atoms with Gasteiger partial charge in [-0.1, -0.05) is 11.8 Å². The van der Waals surface area contributed by atoms with Crippen molar-refractivity contribution in [3.05, 3.63) is 5.82 Å². The van der Waals surface area contributed by atoms with Crippen LogP contribution in [-0.2, 0) is 4.79 Å². The van der Waals surface area contributed by atoms with Crippen molar-refractivity contribution in [1.29, 1.82) is 0 Å². The van der Waals surface area contributed by atoms with E-state index in [1.165, 1.54) is 0 Å². The first kappa shape index (κ1) is 10.7. The minimum absolute atomic E-state index is 0.0531. The standard InChI is InChI=1S/C5H6F2N4O2S/c6-3(7)4-9-10-5(11(4)8)14-1-2(12)13/h3H,1,8H2,(H,12,13). The Kier molecular flexibility index (Phi) is 3.23. The molecule has 0 atom stereocenters. The second-order valence-electron chi connectivity index (χ2n) is 2.19. The first-order valence-corrected chi connectivity index (χ1v) is 4.34. The highest BCUT2D eigenvalue weighted by Crippen LogP contribution is 2.20. The SMILES string of the molecule is Nn1c(SCC(=O)O)nnc1C(F)F. The third-order valence-corrected chi connectivity index (χ3v) is 2.14. The van der Waals surface area contributed by atoms with Gasteiger partial charge in [0.05, 0.1) is 5.75 Å². The van der Waals surface area contributed by atoms with E-state index < -0.39 is 18.2 Å². The molecule has 0 bridgehead atoms. The van der Waals surface area contributed by atoms with Gasteiger partial charge in [0.25, 0.3) is 6.43 Å². The van der Waals surface area contributed by atoms with E-state index in [9.17, 15) is 13.6 Å². The molecular formula is C5H6F2N4O2S. The molecule has 0 radical (unpaired) electrons. The van der Waals surface area contributed by atoms with Crippen molar-refractivity contribution in [3.8, 4) is 0 Å². The van der Waals surface area contributed by atoms with E-state index in [0.717, 1.165) is 11.8 Å². The summed E-state index contributed by atoms with van der Waals surface area (Å²) in [6.07, 6.45) is -2.83. The number of nitrogens with two attached hydrogens (primary N) is 1.